The van der Waals surface area contributed by atoms with Crippen LogP contribution in [0.25, 0.3) is 0 Å². The van der Waals surface area contributed by atoms with E-state index >= 15 is 0 Å². The van der Waals surface area contributed by atoms with Crippen LogP contribution in [0.3, 0.4) is 0 Å². The minimum Gasteiger partial charge on any atom is -0.389 e. The highest BCUT2D eigenvalue weighted by Gasteiger charge is 2.02. The molecule has 0 fully saturated rings. The van der Waals surface area contributed by atoms with Gasteiger partial charge in [-0.3, -0.25) is 0 Å². The average Bonchev–Trinajstić information content (AvgIpc) is 1.88. The van der Waals surface area contributed by atoms with Crippen LogP contribution in [-0.2, 0) is 0 Å². The van der Waals surface area contributed by atoms with E-state index < -0.39 is 0 Å². The molecule has 9 heavy (non-hydrogen) atoms. The van der Waals surface area contributed by atoms with E-state index in [-0.39, 0.29) is 6.10 Å². The minimum atomic E-state index is -0.232. The maximum Gasteiger partial charge on any atom is 0.0761 e. The van der Waals surface area contributed by atoms with Crippen molar-refractivity contribution in [2.45, 2.75) is 25.9 Å². The van der Waals surface area contributed by atoms with E-state index in [0.29, 0.717) is 0 Å². The second-order valence-electron chi connectivity index (χ2n) is 2.30. The summed E-state index contributed by atoms with van der Waals surface area (Å²) >= 11 is 0. The molecule has 0 bridgehead atoms. The molecular formula is C8H12O. The molecule has 1 aliphatic rings. The highest BCUT2D eigenvalue weighted by atomic mass is 16.3. The van der Waals surface area contributed by atoms with Gasteiger partial charge in [-0.25, -0.2) is 0 Å². The van der Waals surface area contributed by atoms with E-state index in [0.717, 1.165) is 12.8 Å². The Kier molecular flexibility index (Phi) is 2.06. The van der Waals surface area contributed by atoms with Gasteiger partial charge >= 0.3 is 0 Å². The van der Waals surface area contributed by atoms with Gasteiger partial charge < -0.3 is 5.11 Å². The van der Waals surface area contributed by atoms with Crippen LogP contribution in [0.2, 0.25) is 0 Å². The van der Waals surface area contributed by atoms with Gasteiger partial charge in [0.1, 0.15) is 0 Å². The highest BCUT2D eigenvalue weighted by molar-refractivity contribution is 5.23. The maximum atomic E-state index is 9.08. The first-order valence-electron chi connectivity index (χ1n) is 3.38. The molecular weight excluding hydrogens is 112 g/mol. The SMILES string of the molecule is CCC1=C[C@@H](O)CC=C1. The second-order valence-corrected chi connectivity index (χ2v) is 2.30. The van der Waals surface area contributed by atoms with Crippen molar-refractivity contribution in [2.24, 2.45) is 0 Å². The lowest BCUT2D eigenvalue weighted by molar-refractivity contribution is 0.224. The Morgan fingerprint density at radius 1 is 1.78 bits per heavy atom. The Bertz CT molecular complexity index is 145. The van der Waals surface area contributed by atoms with Crippen LogP contribution in [0, 0.1) is 0 Å². The topological polar surface area (TPSA) is 20.2 Å². The van der Waals surface area contributed by atoms with Gasteiger partial charge in [-0.05, 0) is 12.8 Å². The second kappa shape index (κ2) is 2.83. The molecule has 50 valence electrons. The van der Waals surface area contributed by atoms with Crippen molar-refractivity contribution in [3.8, 4) is 0 Å². The summed E-state index contributed by atoms with van der Waals surface area (Å²) in [4.78, 5) is 0. The van der Waals surface area contributed by atoms with Crippen LogP contribution >= 0.6 is 0 Å². The van der Waals surface area contributed by atoms with Gasteiger partial charge in [0.25, 0.3) is 0 Å². The Morgan fingerprint density at radius 3 is 3.00 bits per heavy atom. The number of hydrogen-bond donors (Lipinski definition) is 1. The van der Waals surface area contributed by atoms with Gasteiger partial charge in [-0.2, -0.15) is 0 Å². The van der Waals surface area contributed by atoms with Gasteiger partial charge in [-0.15, -0.1) is 0 Å². The zero-order valence-corrected chi connectivity index (χ0v) is 5.67. The highest BCUT2D eigenvalue weighted by Crippen LogP contribution is 2.12. The molecule has 1 aliphatic carbocycles. The first kappa shape index (κ1) is 6.56. The van der Waals surface area contributed by atoms with Gasteiger partial charge in [-0.1, -0.05) is 30.7 Å². The van der Waals surface area contributed by atoms with E-state index in [1.165, 1.54) is 5.57 Å². The predicted molar refractivity (Wildman–Crippen MR) is 38.1 cm³/mol. The van der Waals surface area contributed by atoms with Crippen LogP contribution in [-0.4, -0.2) is 11.2 Å². The summed E-state index contributed by atoms with van der Waals surface area (Å²) in [6, 6.07) is 0. The molecule has 1 N–H and O–H groups in total. The monoisotopic (exact) mass is 124 g/mol. The van der Waals surface area contributed by atoms with Crippen LogP contribution < -0.4 is 0 Å². The molecule has 1 nitrogen and oxygen atoms in total. The van der Waals surface area contributed by atoms with E-state index in [1.54, 1.807) is 0 Å². The van der Waals surface area contributed by atoms with E-state index in [2.05, 4.69) is 13.0 Å². The molecule has 0 aromatic heterocycles. The Balaban J connectivity index is 2.59. The molecule has 0 aromatic carbocycles. The van der Waals surface area contributed by atoms with E-state index in [4.69, 9.17) is 5.11 Å². The van der Waals surface area contributed by atoms with Crippen LogP contribution in [0.1, 0.15) is 19.8 Å². The van der Waals surface area contributed by atoms with Gasteiger partial charge in [0.05, 0.1) is 6.10 Å². The van der Waals surface area contributed by atoms with Crippen molar-refractivity contribution < 1.29 is 5.11 Å². The lowest BCUT2D eigenvalue weighted by Crippen LogP contribution is -2.04. The lowest BCUT2D eigenvalue weighted by atomic mass is 10.0. The maximum absolute atomic E-state index is 9.08. The summed E-state index contributed by atoms with van der Waals surface area (Å²) in [7, 11) is 0. The third-order valence-corrected chi connectivity index (χ3v) is 1.52. The fourth-order valence-corrected chi connectivity index (χ4v) is 0.965. The summed E-state index contributed by atoms with van der Waals surface area (Å²) in [6.45, 7) is 2.09. The van der Waals surface area contributed by atoms with Crippen molar-refractivity contribution >= 4 is 0 Å². The summed E-state index contributed by atoms with van der Waals surface area (Å²) < 4.78 is 0. The zero-order valence-electron chi connectivity index (χ0n) is 5.67. The molecule has 0 amide bonds. The molecule has 0 heterocycles. The fraction of sp³-hybridized carbons (Fsp3) is 0.500. The van der Waals surface area contributed by atoms with Crippen molar-refractivity contribution in [1.82, 2.24) is 0 Å². The molecule has 0 saturated heterocycles. The fourth-order valence-electron chi connectivity index (χ4n) is 0.965. The number of allylic oxidation sites excluding steroid dienone is 2. The standard InChI is InChI=1S/C8H12O/c1-2-7-4-3-5-8(9)6-7/h3-4,6,8-9H,2,5H2,1H3/t8-/m0/s1. The largest absolute Gasteiger partial charge is 0.389 e. The molecule has 0 radical (unpaired) electrons. The number of hydrogen-bond acceptors (Lipinski definition) is 1. The summed E-state index contributed by atoms with van der Waals surface area (Å²) in [5, 5.41) is 9.08. The molecule has 0 unspecified atom stereocenters. The minimum absolute atomic E-state index is 0.232. The van der Waals surface area contributed by atoms with E-state index in [1.807, 2.05) is 12.2 Å². The molecule has 1 heteroatoms. The summed E-state index contributed by atoms with van der Waals surface area (Å²) in [6.07, 6.45) is 7.58. The molecule has 0 spiro atoms. The van der Waals surface area contributed by atoms with Crippen LogP contribution in [0.4, 0.5) is 0 Å². The Labute approximate surface area is 55.7 Å². The van der Waals surface area contributed by atoms with Crippen molar-refractivity contribution in [1.29, 1.82) is 0 Å². The quantitative estimate of drug-likeness (QED) is 0.563. The molecule has 0 saturated carbocycles. The Hall–Kier alpha value is -0.560. The summed E-state index contributed by atoms with van der Waals surface area (Å²) in [5.74, 6) is 0. The van der Waals surface area contributed by atoms with Crippen LogP contribution in [0.15, 0.2) is 23.8 Å². The number of rotatable bonds is 1. The Morgan fingerprint density at radius 2 is 2.56 bits per heavy atom. The summed E-state index contributed by atoms with van der Waals surface area (Å²) in [5.41, 5.74) is 1.24. The number of aliphatic hydroxyl groups is 1. The van der Waals surface area contributed by atoms with Crippen molar-refractivity contribution in [3.05, 3.63) is 23.8 Å². The normalized spacial score (nSPS) is 26.0. The molecule has 0 aliphatic heterocycles. The van der Waals surface area contributed by atoms with Gasteiger partial charge in [0, 0.05) is 0 Å². The smallest absolute Gasteiger partial charge is 0.0761 e. The van der Waals surface area contributed by atoms with Gasteiger partial charge in [0.15, 0.2) is 0 Å². The van der Waals surface area contributed by atoms with Crippen molar-refractivity contribution in [2.75, 3.05) is 0 Å². The third kappa shape index (κ3) is 1.68. The third-order valence-electron chi connectivity index (χ3n) is 1.52. The number of aliphatic hydroxyl groups excluding tert-OH is 1. The molecule has 1 atom stereocenters. The van der Waals surface area contributed by atoms with Crippen molar-refractivity contribution in [3.63, 3.8) is 0 Å². The van der Waals surface area contributed by atoms with Crippen LogP contribution in [0.5, 0.6) is 0 Å². The first-order chi connectivity index (χ1) is 4.33. The lowest BCUT2D eigenvalue weighted by Gasteiger charge is -2.08. The van der Waals surface area contributed by atoms with E-state index in [9.17, 15) is 0 Å². The predicted octanol–water partition coefficient (Wildman–Crippen LogP) is 1.64. The van der Waals surface area contributed by atoms with Gasteiger partial charge in [0.2, 0.25) is 0 Å². The zero-order chi connectivity index (χ0) is 6.69. The first-order valence-corrected chi connectivity index (χ1v) is 3.38. The molecule has 1 rings (SSSR count). The molecule has 0 aromatic rings. The average molecular weight is 124 g/mol.